The van der Waals surface area contributed by atoms with Gasteiger partial charge in [0.15, 0.2) is 5.78 Å². The first-order valence-corrected chi connectivity index (χ1v) is 14.9. The number of carbonyl (C=O) groups excluding carboxylic acids is 1. The Hall–Kier alpha value is -3.07. The molecule has 0 aliphatic heterocycles. The fourth-order valence-corrected chi connectivity index (χ4v) is 6.09. The fourth-order valence-electron chi connectivity index (χ4n) is 6.09. The van der Waals surface area contributed by atoms with E-state index in [2.05, 4.69) is 77.9 Å². The van der Waals surface area contributed by atoms with E-state index in [1.165, 1.54) is 30.4 Å². The van der Waals surface area contributed by atoms with Crippen LogP contribution in [0.3, 0.4) is 0 Å². The van der Waals surface area contributed by atoms with E-state index in [-0.39, 0.29) is 16.8 Å². The summed E-state index contributed by atoms with van der Waals surface area (Å²) in [7, 11) is 1.63. The van der Waals surface area contributed by atoms with Crippen LogP contribution in [0, 0.1) is 0 Å². The minimum Gasteiger partial charge on any atom is -0.497 e. The summed E-state index contributed by atoms with van der Waals surface area (Å²) in [5, 5.41) is 0. The van der Waals surface area contributed by atoms with Gasteiger partial charge in [-0.25, -0.2) is 0 Å². The van der Waals surface area contributed by atoms with Gasteiger partial charge in [-0.3, -0.25) is 4.79 Å². The van der Waals surface area contributed by atoms with Gasteiger partial charge in [-0.1, -0.05) is 97.2 Å². The quantitative estimate of drug-likeness (QED) is 0.184. The zero-order chi connectivity index (χ0) is 28.5. The highest BCUT2D eigenvalue weighted by Gasteiger charge is 2.48. The number of hydrogen-bond acceptors (Lipinski definition) is 3. The van der Waals surface area contributed by atoms with Crippen LogP contribution in [-0.2, 0) is 5.41 Å². The van der Waals surface area contributed by atoms with Crippen LogP contribution in [0.25, 0.3) is 0 Å². The Morgan fingerprint density at radius 2 is 1.31 bits per heavy atom. The van der Waals surface area contributed by atoms with Gasteiger partial charge in [0.2, 0.25) is 0 Å². The zero-order valence-corrected chi connectivity index (χ0v) is 25.2. The Labute approximate surface area is 237 Å². The highest BCUT2D eigenvalue weighted by atomic mass is 16.5. The number of methoxy groups -OCH3 is 1. The van der Waals surface area contributed by atoms with Crippen LogP contribution in [0.5, 0.6) is 11.5 Å². The van der Waals surface area contributed by atoms with Gasteiger partial charge in [0.05, 0.1) is 7.11 Å². The van der Waals surface area contributed by atoms with Gasteiger partial charge in [0.25, 0.3) is 0 Å². The molecule has 0 spiro atoms. The third-order valence-electron chi connectivity index (χ3n) is 8.79. The molecule has 210 valence electrons. The maximum Gasteiger partial charge on any atom is 0.193 e. The maximum absolute atomic E-state index is 13.2. The smallest absolute Gasteiger partial charge is 0.193 e. The molecule has 0 aliphatic carbocycles. The van der Waals surface area contributed by atoms with E-state index in [0.717, 1.165) is 37.2 Å². The Morgan fingerprint density at radius 1 is 0.769 bits per heavy atom. The predicted octanol–water partition coefficient (Wildman–Crippen LogP) is 9.92. The van der Waals surface area contributed by atoms with Crippen molar-refractivity contribution in [3.8, 4) is 11.5 Å². The summed E-state index contributed by atoms with van der Waals surface area (Å²) in [4.78, 5) is 13.2. The van der Waals surface area contributed by atoms with Crippen molar-refractivity contribution >= 4 is 5.78 Å². The summed E-state index contributed by atoms with van der Waals surface area (Å²) in [5.41, 5.74) is 3.34. The molecule has 39 heavy (non-hydrogen) atoms. The van der Waals surface area contributed by atoms with E-state index >= 15 is 0 Å². The van der Waals surface area contributed by atoms with Crippen LogP contribution in [0.2, 0.25) is 0 Å². The number of ketones is 1. The van der Waals surface area contributed by atoms with Crippen molar-refractivity contribution in [3.05, 3.63) is 95.1 Å². The van der Waals surface area contributed by atoms with E-state index in [4.69, 9.17) is 9.47 Å². The minimum atomic E-state index is -0.375. The molecule has 0 aromatic heterocycles. The molecule has 3 aromatic carbocycles. The maximum atomic E-state index is 13.2. The van der Waals surface area contributed by atoms with Crippen LogP contribution in [0.4, 0.5) is 0 Å². The van der Waals surface area contributed by atoms with Gasteiger partial charge in [0, 0.05) is 16.5 Å². The molecule has 0 heterocycles. The second-order valence-corrected chi connectivity index (χ2v) is 11.1. The normalized spacial score (nSPS) is 13.9. The Bertz CT molecular complexity index is 1160. The van der Waals surface area contributed by atoms with Crippen LogP contribution in [-0.4, -0.2) is 18.5 Å². The van der Waals surface area contributed by atoms with E-state index in [9.17, 15) is 4.79 Å². The third kappa shape index (κ3) is 6.75. The monoisotopic (exact) mass is 528 g/mol. The van der Waals surface area contributed by atoms with Crippen molar-refractivity contribution in [2.75, 3.05) is 7.11 Å². The van der Waals surface area contributed by atoms with E-state index in [0.29, 0.717) is 17.0 Å². The molecule has 3 aromatic rings. The molecule has 0 saturated heterocycles. The number of rotatable bonds is 15. The zero-order valence-electron chi connectivity index (χ0n) is 25.2. The molecular formula is C36H48O3. The fraction of sp³-hybridized carbons (Fsp3) is 0.472. The van der Waals surface area contributed by atoms with Crippen molar-refractivity contribution in [2.24, 2.45) is 0 Å². The predicted molar refractivity (Wildman–Crippen MR) is 163 cm³/mol. The molecule has 2 unspecified atom stereocenters. The number of benzene rings is 3. The van der Waals surface area contributed by atoms with Gasteiger partial charge < -0.3 is 9.47 Å². The van der Waals surface area contributed by atoms with Crippen molar-refractivity contribution < 1.29 is 14.3 Å². The molecule has 0 bridgehead atoms. The first kappa shape index (κ1) is 30.5. The van der Waals surface area contributed by atoms with Crippen molar-refractivity contribution in [1.82, 2.24) is 0 Å². The summed E-state index contributed by atoms with van der Waals surface area (Å²) in [6.45, 7) is 13.6. The van der Waals surface area contributed by atoms with Crippen LogP contribution < -0.4 is 9.47 Å². The molecule has 0 aliphatic rings. The van der Waals surface area contributed by atoms with Crippen LogP contribution in [0.1, 0.15) is 119 Å². The van der Waals surface area contributed by atoms with Gasteiger partial charge in [-0.2, -0.15) is 0 Å². The lowest BCUT2D eigenvalue weighted by atomic mass is 9.63. The standard InChI is InChI=1S/C36H48O3/c1-8-12-13-27(5)28-16-24-33(25-17-28)39-36(10-3,11-4)35(6,26-9-2)31-20-14-29(15-21-31)34(37)30-18-22-32(38-7)23-19-30/h14-25,27H,8-13,26H2,1-7H3. The summed E-state index contributed by atoms with van der Waals surface area (Å²) >= 11 is 0. The highest BCUT2D eigenvalue weighted by molar-refractivity contribution is 6.09. The second-order valence-electron chi connectivity index (χ2n) is 11.1. The first-order chi connectivity index (χ1) is 18.8. The molecule has 0 amide bonds. The molecule has 0 saturated carbocycles. The van der Waals surface area contributed by atoms with Gasteiger partial charge in [-0.05, 0) is 79.1 Å². The van der Waals surface area contributed by atoms with Crippen molar-refractivity contribution in [3.63, 3.8) is 0 Å². The lowest BCUT2D eigenvalue weighted by Gasteiger charge is -2.48. The van der Waals surface area contributed by atoms with E-state index < -0.39 is 0 Å². The molecule has 0 fully saturated rings. The molecule has 3 rings (SSSR count). The van der Waals surface area contributed by atoms with Gasteiger partial charge >= 0.3 is 0 Å². The SMILES string of the molecule is CCCCC(C)c1ccc(OC(CC)(CC)C(C)(CCC)c2ccc(C(=O)c3ccc(OC)cc3)cc2)cc1. The largest absolute Gasteiger partial charge is 0.497 e. The topological polar surface area (TPSA) is 35.5 Å². The van der Waals surface area contributed by atoms with Crippen molar-refractivity contribution in [1.29, 1.82) is 0 Å². The third-order valence-corrected chi connectivity index (χ3v) is 8.79. The lowest BCUT2D eigenvalue weighted by molar-refractivity contribution is -0.0201. The average Bonchev–Trinajstić information content (AvgIpc) is 2.98. The molecule has 3 nitrogen and oxygen atoms in total. The van der Waals surface area contributed by atoms with E-state index in [1.54, 1.807) is 7.11 Å². The molecule has 2 atom stereocenters. The highest BCUT2D eigenvalue weighted by Crippen LogP contribution is 2.46. The number of ether oxygens (including phenoxy) is 2. The van der Waals surface area contributed by atoms with Crippen LogP contribution in [0.15, 0.2) is 72.8 Å². The van der Waals surface area contributed by atoms with Crippen molar-refractivity contribution in [2.45, 2.75) is 103 Å². The summed E-state index contributed by atoms with van der Waals surface area (Å²) in [5.74, 6) is 2.25. The lowest BCUT2D eigenvalue weighted by Crippen LogP contribution is -2.53. The minimum absolute atomic E-state index is 0.0168. The molecule has 0 N–H and O–H groups in total. The summed E-state index contributed by atoms with van der Waals surface area (Å²) in [6, 6.07) is 24.3. The number of carbonyl (C=O) groups is 1. The molecule has 3 heteroatoms. The summed E-state index contributed by atoms with van der Waals surface area (Å²) < 4.78 is 12.2. The Kier molecular flexibility index (Phi) is 10.8. The number of hydrogen-bond donors (Lipinski definition) is 0. The van der Waals surface area contributed by atoms with E-state index in [1.807, 2.05) is 36.4 Å². The summed E-state index contributed by atoms with van der Waals surface area (Å²) in [6.07, 6.45) is 7.52. The van der Waals surface area contributed by atoms with Gasteiger partial charge in [0.1, 0.15) is 17.1 Å². The average molecular weight is 529 g/mol. The van der Waals surface area contributed by atoms with Gasteiger partial charge in [-0.15, -0.1) is 0 Å². The molecule has 0 radical (unpaired) electrons. The molecular weight excluding hydrogens is 480 g/mol. The number of unbranched alkanes of at least 4 members (excludes halogenated alkanes) is 1. The Morgan fingerprint density at radius 3 is 1.79 bits per heavy atom. The van der Waals surface area contributed by atoms with Crippen LogP contribution >= 0.6 is 0 Å². The second kappa shape index (κ2) is 13.8. The first-order valence-electron chi connectivity index (χ1n) is 14.9. The Balaban J connectivity index is 1.90.